The summed E-state index contributed by atoms with van der Waals surface area (Å²) in [6.45, 7) is 0.549. The van der Waals surface area contributed by atoms with Gasteiger partial charge in [-0.2, -0.15) is 0 Å². The molecule has 0 spiro atoms. The molecular formula is C13H12ClFN2. The van der Waals surface area contributed by atoms with Crippen molar-refractivity contribution >= 4 is 23.0 Å². The maximum Gasteiger partial charge on any atom is 0.143 e. The zero-order valence-electron chi connectivity index (χ0n) is 9.08. The highest BCUT2D eigenvalue weighted by Crippen LogP contribution is 2.20. The molecule has 0 fully saturated rings. The largest absolute Gasteiger partial charge is 0.398 e. The first-order valence-electron chi connectivity index (χ1n) is 5.19. The van der Waals surface area contributed by atoms with E-state index in [1.807, 2.05) is 24.3 Å². The number of nitrogens with one attached hydrogen (secondary N) is 1. The van der Waals surface area contributed by atoms with E-state index in [0.717, 1.165) is 11.3 Å². The maximum absolute atomic E-state index is 13.2. The van der Waals surface area contributed by atoms with Gasteiger partial charge < -0.3 is 11.1 Å². The minimum atomic E-state index is -0.433. The molecule has 88 valence electrons. The molecule has 2 aromatic rings. The number of nitrogens with two attached hydrogens (primary N) is 1. The number of anilines is 2. The van der Waals surface area contributed by atoms with Crippen LogP contribution in [0.2, 0.25) is 5.02 Å². The molecule has 17 heavy (non-hydrogen) atoms. The van der Waals surface area contributed by atoms with Crippen molar-refractivity contribution in [3.63, 3.8) is 0 Å². The molecule has 0 saturated carbocycles. The molecule has 0 radical (unpaired) electrons. The van der Waals surface area contributed by atoms with Crippen LogP contribution in [0.1, 0.15) is 5.56 Å². The van der Waals surface area contributed by atoms with E-state index >= 15 is 0 Å². The molecule has 0 saturated heterocycles. The van der Waals surface area contributed by atoms with Crippen molar-refractivity contribution in [3.05, 3.63) is 58.9 Å². The lowest BCUT2D eigenvalue weighted by atomic mass is 10.2. The van der Waals surface area contributed by atoms with Gasteiger partial charge in [0.2, 0.25) is 0 Å². The Kier molecular flexibility index (Phi) is 3.49. The number of halogens is 2. The summed E-state index contributed by atoms with van der Waals surface area (Å²) in [4.78, 5) is 0. The van der Waals surface area contributed by atoms with Crippen LogP contribution in [-0.2, 0) is 6.54 Å². The van der Waals surface area contributed by atoms with E-state index in [9.17, 15) is 4.39 Å². The molecule has 2 aromatic carbocycles. The molecule has 0 aliphatic carbocycles. The Balaban J connectivity index is 2.08. The Morgan fingerprint density at radius 3 is 2.65 bits per heavy atom. The number of hydrogen-bond donors (Lipinski definition) is 2. The first-order chi connectivity index (χ1) is 8.16. The fourth-order valence-corrected chi connectivity index (χ4v) is 1.62. The SMILES string of the molecule is Nc1ccccc1CNc1ccc(Cl)c(F)c1. The van der Waals surface area contributed by atoms with Crippen molar-refractivity contribution in [2.45, 2.75) is 6.54 Å². The van der Waals surface area contributed by atoms with Gasteiger partial charge in [0.1, 0.15) is 5.82 Å². The van der Waals surface area contributed by atoms with E-state index in [1.165, 1.54) is 12.1 Å². The minimum absolute atomic E-state index is 0.120. The Morgan fingerprint density at radius 2 is 1.94 bits per heavy atom. The smallest absolute Gasteiger partial charge is 0.143 e. The summed E-state index contributed by atoms with van der Waals surface area (Å²) in [7, 11) is 0. The van der Waals surface area contributed by atoms with Gasteiger partial charge in [-0.15, -0.1) is 0 Å². The molecule has 2 nitrogen and oxygen atoms in total. The van der Waals surface area contributed by atoms with Crippen LogP contribution in [0, 0.1) is 5.82 Å². The van der Waals surface area contributed by atoms with Gasteiger partial charge in [0, 0.05) is 17.9 Å². The predicted octanol–water partition coefficient (Wildman–Crippen LogP) is 3.67. The second-order valence-corrected chi connectivity index (χ2v) is 4.09. The molecule has 0 aliphatic heterocycles. The van der Waals surface area contributed by atoms with E-state index < -0.39 is 5.82 Å². The van der Waals surface area contributed by atoms with E-state index in [4.69, 9.17) is 17.3 Å². The average Bonchev–Trinajstić information content (AvgIpc) is 2.32. The van der Waals surface area contributed by atoms with Crippen LogP contribution >= 0.6 is 11.6 Å². The van der Waals surface area contributed by atoms with Crippen LogP contribution in [0.25, 0.3) is 0 Å². The van der Waals surface area contributed by atoms with E-state index in [2.05, 4.69) is 5.32 Å². The van der Waals surface area contributed by atoms with Crippen LogP contribution in [0.3, 0.4) is 0 Å². The normalized spacial score (nSPS) is 10.2. The average molecular weight is 251 g/mol. The van der Waals surface area contributed by atoms with Crippen LogP contribution in [0.4, 0.5) is 15.8 Å². The number of hydrogen-bond acceptors (Lipinski definition) is 2. The number of para-hydroxylation sites is 1. The van der Waals surface area contributed by atoms with Crippen molar-refractivity contribution in [3.8, 4) is 0 Å². The second kappa shape index (κ2) is 5.06. The Labute approximate surface area is 104 Å². The van der Waals surface area contributed by atoms with E-state index in [1.54, 1.807) is 6.07 Å². The Bertz CT molecular complexity index is 529. The third-order valence-electron chi connectivity index (χ3n) is 2.46. The first kappa shape index (κ1) is 11.7. The highest BCUT2D eigenvalue weighted by Gasteiger charge is 2.01. The van der Waals surface area contributed by atoms with Gasteiger partial charge in [-0.25, -0.2) is 4.39 Å². The lowest BCUT2D eigenvalue weighted by Crippen LogP contribution is -2.02. The second-order valence-electron chi connectivity index (χ2n) is 3.68. The first-order valence-corrected chi connectivity index (χ1v) is 5.57. The molecular weight excluding hydrogens is 239 g/mol. The highest BCUT2D eigenvalue weighted by molar-refractivity contribution is 6.30. The molecule has 0 amide bonds. The van der Waals surface area contributed by atoms with E-state index in [0.29, 0.717) is 12.2 Å². The Morgan fingerprint density at radius 1 is 1.18 bits per heavy atom. The summed E-state index contributed by atoms with van der Waals surface area (Å²) < 4.78 is 13.2. The molecule has 0 aromatic heterocycles. The van der Waals surface area contributed by atoms with Crippen LogP contribution in [0.15, 0.2) is 42.5 Å². The summed E-state index contributed by atoms with van der Waals surface area (Å²) in [5, 5.41) is 3.21. The number of nitrogen functional groups attached to an aromatic ring is 1. The fourth-order valence-electron chi connectivity index (χ4n) is 1.50. The minimum Gasteiger partial charge on any atom is -0.398 e. The highest BCUT2D eigenvalue weighted by atomic mass is 35.5. The molecule has 0 unspecified atom stereocenters. The van der Waals surface area contributed by atoms with Crippen molar-refractivity contribution in [2.24, 2.45) is 0 Å². The lowest BCUT2D eigenvalue weighted by Gasteiger charge is -2.09. The van der Waals surface area contributed by atoms with E-state index in [-0.39, 0.29) is 5.02 Å². The third-order valence-corrected chi connectivity index (χ3v) is 2.76. The molecule has 3 N–H and O–H groups in total. The molecule has 0 atom stereocenters. The molecule has 0 heterocycles. The zero-order valence-corrected chi connectivity index (χ0v) is 9.84. The van der Waals surface area contributed by atoms with Gasteiger partial charge in [-0.05, 0) is 29.8 Å². The van der Waals surface area contributed by atoms with Gasteiger partial charge in [0.15, 0.2) is 0 Å². The number of rotatable bonds is 3. The summed E-state index contributed by atoms with van der Waals surface area (Å²) in [6.07, 6.45) is 0. The third kappa shape index (κ3) is 2.88. The van der Waals surface area contributed by atoms with Crippen molar-refractivity contribution in [1.29, 1.82) is 0 Å². The lowest BCUT2D eigenvalue weighted by molar-refractivity contribution is 0.628. The number of benzene rings is 2. The molecule has 0 bridgehead atoms. The van der Waals surface area contributed by atoms with Crippen molar-refractivity contribution in [1.82, 2.24) is 0 Å². The summed E-state index contributed by atoms with van der Waals surface area (Å²) in [6, 6.07) is 12.2. The van der Waals surface area contributed by atoms with Crippen LogP contribution in [0.5, 0.6) is 0 Å². The standard InChI is InChI=1S/C13H12ClFN2/c14-11-6-5-10(7-12(11)15)17-8-9-3-1-2-4-13(9)16/h1-7,17H,8,16H2. The summed E-state index contributed by atoms with van der Waals surface area (Å²) in [5.74, 6) is -0.433. The summed E-state index contributed by atoms with van der Waals surface area (Å²) in [5.41, 5.74) is 8.17. The summed E-state index contributed by atoms with van der Waals surface area (Å²) >= 11 is 5.60. The van der Waals surface area contributed by atoms with Gasteiger partial charge >= 0.3 is 0 Å². The van der Waals surface area contributed by atoms with Crippen LogP contribution < -0.4 is 11.1 Å². The van der Waals surface area contributed by atoms with Crippen LogP contribution in [-0.4, -0.2) is 0 Å². The van der Waals surface area contributed by atoms with Gasteiger partial charge in [-0.3, -0.25) is 0 Å². The molecule has 4 heteroatoms. The molecule has 2 rings (SSSR count). The topological polar surface area (TPSA) is 38.0 Å². The van der Waals surface area contributed by atoms with Gasteiger partial charge in [-0.1, -0.05) is 29.8 Å². The van der Waals surface area contributed by atoms with Gasteiger partial charge in [0.05, 0.1) is 5.02 Å². The zero-order chi connectivity index (χ0) is 12.3. The predicted molar refractivity (Wildman–Crippen MR) is 69.6 cm³/mol. The van der Waals surface area contributed by atoms with Gasteiger partial charge in [0.25, 0.3) is 0 Å². The van der Waals surface area contributed by atoms with Crippen molar-refractivity contribution in [2.75, 3.05) is 11.1 Å². The van der Waals surface area contributed by atoms with Crippen molar-refractivity contribution < 1.29 is 4.39 Å². The fraction of sp³-hybridized carbons (Fsp3) is 0.0769. The Hall–Kier alpha value is -1.74. The monoisotopic (exact) mass is 250 g/mol. The quantitative estimate of drug-likeness (QED) is 0.816. The maximum atomic E-state index is 13.2. The molecule has 0 aliphatic rings.